The number of hydrogen-bond donors (Lipinski definition) is 1. The molecule has 0 aliphatic carbocycles. The van der Waals surface area contributed by atoms with Crippen molar-refractivity contribution < 1.29 is 21.6 Å². The molecule has 98 valence electrons. The van der Waals surface area contributed by atoms with E-state index in [1.165, 1.54) is 0 Å². The molecule has 0 aromatic carbocycles. The average Bonchev–Trinajstić information content (AvgIpc) is 2.09. The summed E-state index contributed by atoms with van der Waals surface area (Å²) in [5.41, 5.74) is 0. The van der Waals surface area contributed by atoms with Crippen LogP contribution in [0.5, 0.6) is 0 Å². The van der Waals surface area contributed by atoms with E-state index in [2.05, 4.69) is 5.32 Å². The van der Waals surface area contributed by atoms with Crippen molar-refractivity contribution in [3.63, 3.8) is 0 Å². The van der Waals surface area contributed by atoms with Gasteiger partial charge in [-0.25, -0.2) is 8.42 Å². The van der Waals surface area contributed by atoms with Crippen LogP contribution in [-0.4, -0.2) is 51.3 Å². The lowest BCUT2D eigenvalue weighted by atomic mass is 10.5. The Labute approximate surface area is 93.9 Å². The first kappa shape index (κ1) is 15.7. The highest BCUT2D eigenvalue weighted by atomic mass is 32.2. The summed E-state index contributed by atoms with van der Waals surface area (Å²) in [6.45, 7) is 1.62. The Morgan fingerprint density at radius 2 is 1.88 bits per heavy atom. The smallest absolute Gasteiger partial charge is 0.317 e. The van der Waals surface area contributed by atoms with Gasteiger partial charge in [0.05, 0.1) is 5.75 Å². The van der Waals surface area contributed by atoms with Crippen molar-refractivity contribution in [2.75, 3.05) is 32.4 Å². The fourth-order valence-electron chi connectivity index (χ4n) is 1.06. The molecule has 4 nitrogen and oxygen atoms in total. The molecular weight excluding hydrogens is 245 g/mol. The monoisotopic (exact) mass is 262 g/mol. The van der Waals surface area contributed by atoms with E-state index in [4.69, 9.17) is 0 Å². The molecule has 0 atom stereocenters. The predicted octanol–water partition coefficient (Wildman–Crippen LogP) is 0.810. The van der Waals surface area contributed by atoms with E-state index in [1.807, 2.05) is 6.92 Å². The number of sulfonamides is 1. The fraction of sp³-hybridized carbons (Fsp3) is 1.00. The lowest BCUT2D eigenvalue weighted by Crippen LogP contribution is -2.37. The minimum atomic E-state index is -4.50. The Morgan fingerprint density at radius 3 is 2.31 bits per heavy atom. The van der Waals surface area contributed by atoms with Gasteiger partial charge in [0.1, 0.15) is 6.54 Å². The molecular formula is C8H17F3N2O2S. The van der Waals surface area contributed by atoms with Crippen molar-refractivity contribution in [1.82, 2.24) is 9.62 Å². The maximum absolute atomic E-state index is 12.0. The molecule has 0 radical (unpaired) electrons. The number of nitrogens with one attached hydrogen (secondary N) is 1. The molecule has 0 aliphatic heterocycles. The first-order valence-electron chi connectivity index (χ1n) is 4.90. The third-order valence-electron chi connectivity index (χ3n) is 1.88. The fourth-order valence-corrected chi connectivity index (χ4v) is 2.23. The molecule has 0 aromatic rings. The van der Waals surface area contributed by atoms with Gasteiger partial charge < -0.3 is 5.32 Å². The summed E-state index contributed by atoms with van der Waals surface area (Å²) >= 11 is 0. The molecule has 0 rings (SSSR count). The number of hydrogen-bond acceptors (Lipinski definition) is 3. The van der Waals surface area contributed by atoms with Gasteiger partial charge in [0.15, 0.2) is 0 Å². The molecule has 0 unspecified atom stereocenters. The maximum Gasteiger partial charge on any atom is 0.402 e. The zero-order chi connectivity index (χ0) is 12.8. The Hall–Kier alpha value is -0.340. The van der Waals surface area contributed by atoms with Crippen molar-refractivity contribution in [3.05, 3.63) is 0 Å². The van der Waals surface area contributed by atoms with Crippen LogP contribution in [0.3, 0.4) is 0 Å². The molecule has 0 heterocycles. The van der Waals surface area contributed by atoms with E-state index in [0.29, 0.717) is 23.8 Å². The van der Waals surface area contributed by atoms with Crippen molar-refractivity contribution in [1.29, 1.82) is 0 Å². The van der Waals surface area contributed by atoms with Crippen LogP contribution in [0.4, 0.5) is 13.2 Å². The summed E-state index contributed by atoms with van der Waals surface area (Å²) in [7, 11) is -2.86. The molecule has 0 spiro atoms. The van der Waals surface area contributed by atoms with Gasteiger partial charge in [-0.1, -0.05) is 6.92 Å². The number of halogens is 3. The molecule has 1 N–H and O–H groups in total. The quantitative estimate of drug-likeness (QED) is 0.691. The molecule has 0 aromatic heterocycles. The van der Waals surface area contributed by atoms with E-state index < -0.39 is 22.7 Å². The largest absolute Gasteiger partial charge is 0.402 e. The molecule has 0 amide bonds. The summed E-state index contributed by atoms with van der Waals surface area (Å²) in [5.74, 6) is -0.271. The van der Waals surface area contributed by atoms with Gasteiger partial charge in [0.25, 0.3) is 0 Å². The molecule has 0 saturated carbocycles. The van der Waals surface area contributed by atoms with Crippen LogP contribution in [0.2, 0.25) is 0 Å². The Bertz CT molecular complexity index is 290. The summed E-state index contributed by atoms with van der Waals surface area (Å²) < 4.78 is 59.0. The van der Waals surface area contributed by atoms with Gasteiger partial charge in [-0.2, -0.15) is 17.5 Å². The van der Waals surface area contributed by atoms with E-state index in [1.54, 1.807) is 0 Å². The molecule has 16 heavy (non-hydrogen) atoms. The van der Waals surface area contributed by atoms with Crippen LogP contribution >= 0.6 is 0 Å². The third kappa shape index (κ3) is 7.02. The maximum atomic E-state index is 12.0. The minimum absolute atomic E-state index is 0.271. The molecule has 8 heteroatoms. The number of rotatable bonds is 7. The van der Waals surface area contributed by atoms with Crippen LogP contribution in [0.15, 0.2) is 0 Å². The van der Waals surface area contributed by atoms with Crippen LogP contribution in [-0.2, 0) is 10.0 Å². The number of alkyl halides is 3. The predicted molar refractivity (Wildman–Crippen MR) is 55.6 cm³/mol. The molecule has 0 bridgehead atoms. The highest BCUT2D eigenvalue weighted by Crippen LogP contribution is 2.17. The van der Waals surface area contributed by atoms with Gasteiger partial charge in [-0.15, -0.1) is 0 Å². The zero-order valence-corrected chi connectivity index (χ0v) is 10.2. The lowest BCUT2D eigenvalue weighted by Gasteiger charge is -2.18. The Kier molecular flexibility index (Phi) is 6.27. The van der Waals surface area contributed by atoms with E-state index in [9.17, 15) is 21.6 Å². The second-order valence-corrected chi connectivity index (χ2v) is 5.59. The highest BCUT2D eigenvalue weighted by Gasteiger charge is 2.33. The first-order chi connectivity index (χ1) is 7.19. The van der Waals surface area contributed by atoms with Crippen LogP contribution in [0, 0.1) is 0 Å². The lowest BCUT2D eigenvalue weighted by molar-refractivity contribution is -0.134. The van der Waals surface area contributed by atoms with Crippen LogP contribution in [0.1, 0.15) is 13.3 Å². The van der Waals surface area contributed by atoms with Gasteiger partial charge in [0, 0.05) is 7.05 Å². The Balaban J connectivity index is 4.12. The van der Waals surface area contributed by atoms with E-state index >= 15 is 0 Å². The van der Waals surface area contributed by atoms with Crippen LogP contribution in [0.25, 0.3) is 0 Å². The molecule has 0 aliphatic rings. The van der Waals surface area contributed by atoms with Crippen LogP contribution < -0.4 is 5.32 Å². The van der Waals surface area contributed by atoms with Crippen molar-refractivity contribution in [2.45, 2.75) is 19.5 Å². The normalized spacial score (nSPS) is 13.4. The van der Waals surface area contributed by atoms with Gasteiger partial charge >= 0.3 is 6.18 Å². The molecule has 0 saturated heterocycles. The Morgan fingerprint density at radius 1 is 1.31 bits per heavy atom. The number of nitrogens with zero attached hydrogens (tertiary/aromatic N) is 1. The zero-order valence-electron chi connectivity index (χ0n) is 9.34. The first-order valence-corrected chi connectivity index (χ1v) is 6.51. The topological polar surface area (TPSA) is 49.4 Å². The summed E-state index contributed by atoms with van der Waals surface area (Å²) in [6.07, 6.45) is -4.19. The summed E-state index contributed by atoms with van der Waals surface area (Å²) in [4.78, 5) is 0. The third-order valence-corrected chi connectivity index (χ3v) is 3.77. The summed E-state index contributed by atoms with van der Waals surface area (Å²) in [6, 6.07) is 0. The highest BCUT2D eigenvalue weighted by molar-refractivity contribution is 7.89. The van der Waals surface area contributed by atoms with Gasteiger partial charge in [-0.05, 0) is 19.5 Å². The molecule has 0 fully saturated rings. The second-order valence-electron chi connectivity index (χ2n) is 3.39. The van der Waals surface area contributed by atoms with Gasteiger partial charge in [0.2, 0.25) is 10.0 Å². The van der Waals surface area contributed by atoms with Crippen molar-refractivity contribution in [2.24, 2.45) is 0 Å². The summed E-state index contributed by atoms with van der Waals surface area (Å²) in [5, 5.41) is 2.90. The van der Waals surface area contributed by atoms with Gasteiger partial charge in [-0.3, -0.25) is 0 Å². The average molecular weight is 262 g/mol. The van der Waals surface area contributed by atoms with E-state index in [0.717, 1.165) is 7.05 Å². The van der Waals surface area contributed by atoms with E-state index in [-0.39, 0.29) is 5.75 Å². The minimum Gasteiger partial charge on any atom is -0.317 e. The SMILES string of the molecule is CCNCCCS(=O)(=O)N(C)CC(F)(F)F. The van der Waals surface area contributed by atoms with Crippen molar-refractivity contribution in [3.8, 4) is 0 Å². The van der Waals surface area contributed by atoms with Crippen molar-refractivity contribution >= 4 is 10.0 Å². The standard InChI is InChI=1S/C8H17F3N2O2S/c1-3-12-5-4-6-16(14,15)13(2)7-8(9,10)11/h12H,3-7H2,1-2H3. The second kappa shape index (κ2) is 6.41.